The van der Waals surface area contributed by atoms with Gasteiger partial charge < -0.3 is 9.64 Å². The first-order valence-electron chi connectivity index (χ1n) is 7.73. The van der Waals surface area contributed by atoms with Crippen molar-refractivity contribution in [1.29, 1.82) is 0 Å². The Balaban J connectivity index is 1.77. The maximum Gasteiger partial charge on any atom is 0.137 e. The van der Waals surface area contributed by atoms with Gasteiger partial charge in [0, 0.05) is 5.56 Å². The monoisotopic (exact) mass is 284 g/mol. The zero-order valence-electron chi connectivity index (χ0n) is 13.3. The van der Waals surface area contributed by atoms with Crippen LogP contribution in [-0.2, 0) is 6.54 Å². The summed E-state index contributed by atoms with van der Waals surface area (Å²) >= 11 is 0. The summed E-state index contributed by atoms with van der Waals surface area (Å²) in [5.41, 5.74) is 2.70. The molecule has 2 rings (SSSR count). The number of ether oxygens (including phenoxy) is 1. The van der Waals surface area contributed by atoms with Crippen LogP contribution in [0.25, 0.3) is 0 Å². The van der Waals surface area contributed by atoms with Crippen LogP contribution in [0.3, 0.4) is 0 Å². The molecule has 2 aromatic rings. The SMILES string of the molecule is CC(C)c1cccc(OCC[NH+](C)Cc2ccccc2)c1. The molecule has 1 N–H and O–H groups in total. The van der Waals surface area contributed by atoms with Crippen LogP contribution in [0.2, 0.25) is 0 Å². The Hall–Kier alpha value is -1.80. The summed E-state index contributed by atoms with van der Waals surface area (Å²) in [7, 11) is 2.21. The van der Waals surface area contributed by atoms with Crippen molar-refractivity contribution in [3.05, 3.63) is 65.7 Å². The van der Waals surface area contributed by atoms with E-state index in [0.717, 1.165) is 25.4 Å². The second-order valence-electron chi connectivity index (χ2n) is 5.95. The van der Waals surface area contributed by atoms with Crippen molar-refractivity contribution in [3.63, 3.8) is 0 Å². The topological polar surface area (TPSA) is 13.7 Å². The number of quaternary nitrogens is 1. The van der Waals surface area contributed by atoms with E-state index < -0.39 is 0 Å². The Labute approximate surface area is 128 Å². The molecule has 0 aromatic heterocycles. The Morgan fingerprint density at radius 1 is 1.00 bits per heavy atom. The third-order valence-electron chi connectivity index (χ3n) is 3.67. The molecule has 0 heterocycles. The van der Waals surface area contributed by atoms with Crippen LogP contribution in [0.1, 0.15) is 30.9 Å². The quantitative estimate of drug-likeness (QED) is 0.825. The number of benzene rings is 2. The van der Waals surface area contributed by atoms with Crippen LogP contribution in [0.5, 0.6) is 5.75 Å². The molecule has 2 nitrogen and oxygen atoms in total. The Morgan fingerprint density at radius 3 is 2.48 bits per heavy atom. The van der Waals surface area contributed by atoms with E-state index in [1.807, 2.05) is 6.07 Å². The Morgan fingerprint density at radius 2 is 1.76 bits per heavy atom. The van der Waals surface area contributed by atoms with Crippen LogP contribution in [0.15, 0.2) is 54.6 Å². The number of likely N-dealkylation sites (N-methyl/N-ethyl adjacent to an activating group) is 1. The third-order valence-corrected chi connectivity index (χ3v) is 3.67. The molecule has 0 fully saturated rings. The lowest BCUT2D eigenvalue weighted by molar-refractivity contribution is -0.893. The van der Waals surface area contributed by atoms with E-state index in [1.165, 1.54) is 16.0 Å². The fraction of sp³-hybridized carbons (Fsp3) is 0.368. The molecule has 1 unspecified atom stereocenters. The lowest BCUT2D eigenvalue weighted by atomic mass is 10.0. The Kier molecular flexibility index (Phi) is 5.82. The Bertz CT molecular complexity index is 536. The van der Waals surface area contributed by atoms with Crippen LogP contribution in [0, 0.1) is 0 Å². The van der Waals surface area contributed by atoms with Gasteiger partial charge in [0.25, 0.3) is 0 Å². The standard InChI is InChI=1S/C19H25NO/c1-16(2)18-10-7-11-19(14-18)21-13-12-20(3)15-17-8-5-4-6-9-17/h4-11,14,16H,12-13,15H2,1-3H3/p+1. The largest absolute Gasteiger partial charge is 0.488 e. The fourth-order valence-electron chi connectivity index (χ4n) is 2.34. The molecule has 0 bridgehead atoms. The molecule has 0 aliphatic carbocycles. The molecule has 0 saturated carbocycles. The summed E-state index contributed by atoms with van der Waals surface area (Å²) in [6.45, 7) is 7.20. The summed E-state index contributed by atoms with van der Waals surface area (Å²) in [6.07, 6.45) is 0. The number of hydrogen-bond donors (Lipinski definition) is 1. The summed E-state index contributed by atoms with van der Waals surface area (Å²) in [5, 5.41) is 0. The van der Waals surface area contributed by atoms with Crippen LogP contribution in [0.4, 0.5) is 0 Å². The van der Waals surface area contributed by atoms with Gasteiger partial charge in [-0.15, -0.1) is 0 Å². The number of rotatable bonds is 7. The van der Waals surface area contributed by atoms with E-state index in [1.54, 1.807) is 0 Å². The number of nitrogens with one attached hydrogen (secondary N) is 1. The van der Waals surface area contributed by atoms with Gasteiger partial charge in [0.2, 0.25) is 0 Å². The highest BCUT2D eigenvalue weighted by Crippen LogP contribution is 2.19. The van der Waals surface area contributed by atoms with Crippen molar-refractivity contribution in [2.45, 2.75) is 26.3 Å². The molecule has 0 aliphatic heterocycles. The van der Waals surface area contributed by atoms with Crippen LogP contribution in [-0.4, -0.2) is 20.2 Å². The molecule has 112 valence electrons. The normalized spacial score (nSPS) is 12.4. The van der Waals surface area contributed by atoms with Gasteiger partial charge in [-0.05, 0) is 23.6 Å². The molecule has 0 amide bonds. The third kappa shape index (κ3) is 5.24. The minimum Gasteiger partial charge on any atom is -0.488 e. The molecule has 0 aliphatic rings. The fourth-order valence-corrected chi connectivity index (χ4v) is 2.34. The molecule has 0 radical (unpaired) electrons. The summed E-state index contributed by atoms with van der Waals surface area (Å²) in [5.74, 6) is 1.52. The van der Waals surface area contributed by atoms with E-state index in [-0.39, 0.29) is 0 Å². The molecule has 2 aromatic carbocycles. The zero-order chi connectivity index (χ0) is 15.1. The average molecular weight is 284 g/mol. The van der Waals surface area contributed by atoms with Crippen molar-refractivity contribution in [2.75, 3.05) is 20.2 Å². The van der Waals surface area contributed by atoms with E-state index in [4.69, 9.17) is 4.74 Å². The second kappa shape index (κ2) is 7.84. The highest BCUT2D eigenvalue weighted by Gasteiger charge is 2.05. The molecular formula is C19H26NO+. The van der Waals surface area contributed by atoms with Crippen molar-refractivity contribution in [1.82, 2.24) is 0 Å². The van der Waals surface area contributed by atoms with Gasteiger partial charge in [0.05, 0.1) is 7.05 Å². The first kappa shape index (κ1) is 15.6. The van der Waals surface area contributed by atoms with E-state index >= 15 is 0 Å². The summed E-state index contributed by atoms with van der Waals surface area (Å²) < 4.78 is 5.88. The highest BCUT2D eigenvalue weighted by atomic mass is 16.5. The van der Waals surface area contributed by atoms with Gasteiger partial charge in [0.1, 0.15) is 25.4 Å². The summed E-state index contributed by atoms with van der Waals surface area (Å²) in [4.78, 5) is 1.46. The second-order valence-corrected chi connectivity index (χ2v) is 5.95. The minimum atomic E-state index is 0.542. The number of hydrogen-bond acceptors (Lipinski definition) is 1. The van der Waals surface area contributed by atoms with Crippen molar-refractivity contribution < 1.29 is 9.64 Å². The summed E-state index contributed by atoms with van der Waals surface area (Å²) in [6, 6.07) is 19.0. The van der Waals surface area contributed by atoms with Crippen molar-refractivity contribution in [2.24, 2.45) is 0 Å². The lowest BCUT2D eigenvalue weighted by Crippen LogP contribution is -3.08. The van der Waals surface area contributed by atoms with Gasteiger partial charge in [0.15, 0.2) is 0 Å². The molecule has 2 heteroatoms. The predicted molar refractivity (Wildman–Crippen MR) is 87.9 cm³/mol. The van der Waals surface area contributed by atoms with Crippen LogP contribution >= 0.6 is 0 Å². The van der Waals surface area contributed by atoms with Gasteiger partial charge in [-0.25, -0.2) is 0 Å². The van der Waals surface area contributed by atoms with Gasteiger partial charge in [-0.1, -0.05) is 56.3 Å². The van der Waals surface area contributed by atoms with Crippen molar-refractivity contribution >= 4 is 0 Å². The van der Waals surface area contributed by atoms with E-state index in [9.17, 15) is 0 Å². The first-order chi connectivity index (χ1) is 10.1. The lowest BCUT2D eigenvalue weighted by Gasteiger charge is -2.15. The average Bonchev–Trinajstić information content (AvgIpc) is 2.48. The van der Waals surface area contributed by atoms with E-state index in [0.29, 0.717) is 5.92 Å². The zero-order valence-corrected chi connectivity index (χ0v) is 13.3. The smallest absolute Gasteiger partial charge is 0.137 e. The van der Waals surface area contributed by atoms with Crippen molar-refractivity contribution in [3.8, 4) is 5.75 Å². The van der Waals surface area contributed by atoms with E-state index in [2.05, 4.69) is 69.4 Å². The maximum absolute atomic E-state index is 5.88. The predicted octanol–water partition coefficient (Wildman–Crippen LogP) is 2.90. The van der Waals surface area contributed by atoms with Crippen LogP contribution < -0.4 is 9.64 Å². The van der Waals surface area contributed by atoms with Gasteiger partial charge in [-0.2, -0.15) is 0 Å². The molecular weight excluding hydrogens is 258 g/mol. The minimum absolute atomic E-state index is 0.542. The maximum atomic E-state index is 5.88. The molecule has 0 spiro atoms. The highest BCUT2D eigenvalue weighted by molar-refractivity contribution is 5.30. The molecule has 0 saturated heterocycles. The molecule has 1 atom stereocenters. The first-order valence-corrected chi connectivity index (χ1v) is 7.73. The van der Waals surface area contributed by atoms with Gasteiger partial charge >= 0.3 is 0 Å². The molecule has 21 heavy (non-hydrogen) atoms. The van der Waals surface area contributed by atoms with Gasteiger partial charge in [-0.3, -0.25) is 0 Å².